The first kappa shape index (κ1) is 14.0. The summed E-state index contributed by atoms with van der Waals surface area (Å²) >= 11 is 0. The van der Waals surface area contributed by atoms with Gasteiger partial charge in [-0.1, -0.05) is 26.0 Å². The van der Waals surface area contributed by atoms with E-state index in [1.807, 2.05) is 45.0 Å². The first-order valence-corrected chi connectivity index (χ1v) is 6.21. The van der Waals surface area contributed by atoms with Gasteiger partial charge in [-0.15, -0.1) is 0 Å². The summed E-state index contributed by atoms with van der Waals surface area (Å²) in [4.78, 5) is 0. The highest BCUT2D eigenvalue weighted by atomic mass is 16.5. The fourth-order valence-electron chi connectivity index (χ4n) is 1.56. The second-order valence-corrected chi connectivity index (χ2v) is 4.58. The molecule has 0 saturated carbocycles. The van der Waals surface area contributed by atoms with E-state index in [1.165, 1.54) is 0 Å². The van der Waals surface area contributed by atoms with Crippen molar-refractivity contribution in [2.24, 2.45) is 5.73 Å². The van der Waals surface area contributed by atoms with Crippen LogP contribution < -0.4 is 10.5 Å². The average molecular weight is 237 g/mol. The SMILES string of the molecule is CCC(O)(CC)COc1cccc(C(C)N)c1. The molecule has 0 bridgehead atoms. The summed E-state index contributed by atoms with van der Waals surface area (Å²) in [6.45, 7) is 6.19. The minimum absolute atomic E-state index is 0.00483. The predicted molar refractivity (Wildman–Crippen MR) is 70.1 cm³/mol. The van der Waals surface area contributed by atoms with Crippen molar-refractivity contribution < 1.29 is 9.84 Å². The number of nitrogens with two attached hydrogens (primary N) is 1. The van der Waals surface area contributed by atoms with Gasteiger partial charge in [-0.25, -0.2) is 0 Å². The summed E-state index contributed by atoms with van der Waals surface area (Å²) < 4.78 is 5.64. The maximum absolute atomic E-state index is 10.1. The maximum Gasteiger partial charge on any atom is 0.119 e. The summed E-state index contributed by atoms with van der Waals surface area (Å²) in [6, 6.07) is 7.71. The van der Waals surface area contributed by atoms with Crippen molar-refractivity contribution >= 4 is 0 Å². The zero-order valence-corrected chi connectivity index (χ0v) is 10.9. The Bertz CT molecular complexity index is 346. The Kier molecular flexibility index (Phi) is 4.97. The van der Waals surface area contributed by atoms with Gasteiger partial charge in [0.2, 0.25) is 0 Å². The van der Waals surface area contributed by atoms with Crippen LogP contribution in [0.1, 0.15) is 45.2 Å². The van der Waals surface area contributed by atoms with Crippen molar-refractivity contribution in [2.45, 2.75) is 45.3 Å². The highest BCUT2D eigenvalue weighted by molar-refractivity contribution is 5.30. The zero-order chi connectivity index (χ0) is 12.9. The normalized spacial score (nSPS) is 13.5. The number of rotatable bonds is 6. The smallest absolute Gasteiger partial charge is 0.119 e. The molecule has 1 aromatic rings. The molecule has 0 saturated heterocycles. The van der Waals surface area contributed by atoms with E-state index in [4.69, 9.17) is 10.5 Å². The van der Waals surface area contributed by atoms with Crippen LogP contribution in [-0.2, 0) is 0 Å². The molecule has 0 fully saturated rings. The first-order valence-electron chi connectivity index (χ1n) is 6.21. The zero-order valence-electron chi connectivity index (χ0n) is 10.9. The van der Waals surface area contributed by atoms with Gasteiger partial charge in [-0.05, 0) is 37.5 Å². The number of hydrogen-bond donors (Lipinski definition) is 2. The molecule has 0 aliphatic carbocycles. The Labute approximate surface area is 104 Å². The van der Waals surface area contributed by atoms with E-state index in [1.54, 1.807) is 0 Å². The number of hydrogen-bond acceptors (Lipinski definition) is 3. The Hall–Kier alpha value is -1.06. The van der Waals surface area contributed by atoms with Crippen molar-refractivity contribution in [3.63, 3.8) is 0 Å². The molecule has 0 aliphatic rings. The lowest BCUT2D eigenvalue weighted by molar-refractivity contribution is -0.0113. The van der Waals surface area contributed by atoms with Crippen LogP contribution in [-0.4, -0.2) is 17.3 Å². The van der Waals surface area contributed by atoms with E-state index >= 15 is 0 Å². The second-order valence-electron chi connectivity index (χ2n) is 4.58. The minimum Gasteiger partial charge on any atom is -0.491 e. The molecule has 1 unspecified atom stereocenters. The van der Waals surface area contributed by atoms with Gasteiger partial charge in [0.25, 0.3) is 0 Å². The van der Waals surface area contributed by atoms with Gasteiger partial charge in [-0.3, -0.25) is 0 Å². The lowest BCUT2D eigenvalue weighted by atomic mass is 9.99. The summed E-state index contributed by atoms with van der Waals surface area (Å²) in [5, 5.41) is 10.1. The van der Waals surface area contributed by atoms with Gasteiger partial charge >= 0.3 is 0 Å². The summed E-state index contributed by atoms with van der Waals surface area (Å²) in [5.41, 5.74) is 6.12. The third kappa shape index (κ3) is 4.02. The standard InChI is InChI=1S/C14H23NO2/c1-4-14(16,5-2)10-17-13-8-6-7-12(9-13)11(3)15/h6-9,11,16H,4-5,10,15H2,1-3H3. The van der Waals surface area contributed by atoms with Crippen molar-refractivity contribution in [3.8, 4) is 5.75 Å². The first-order chi connectivity index (χ1) is 8.00. The maximum atomic E-state index is 10.1. The molecule has 3 nitrogen and oxygen atoms in total. The van der Waals surface area contributed by atoms with Crippen LogP contribution in [0.3, 0.4) is 0 Å². The molecule has 0 aromatic heterocycles. The van der Waals surface area contributed by atoms with Gasteiger partial charge in [0.05, 0.1) is 5.60 Å². The van der Waals surface area contributed by atoms with E-state index in [0.29, 0.717) is 19.4 Å². The molecule has 0 radical (unpaired) electrons. The van der Waals surface area contributed by atoms with Crippen LogP contribution in [0.5, 0.6) is 5.75 Å². The van der Waals surface area contributed by atoms with Crippen LogP contribution in [0, 0.1) is 0 Å². The summed E-state index contributed by atoms with van der Waals surface area (Å²) in [5.74, 6) is 0.764. The molecule has 1 atom stereocenters. The third-order valence-electron chi connectivity index (χ3n) is 3.21. The molecule has 3 N–H and O–H groups in total. The Morgan fingerprint density at radius 3 is 2.53 bits per heavy atom. The van der Waals surface area contributed by atoms with Crippen molar-refractivity contribution in [1.82, 2.24) is 0 Å². The number of aliphatic hydroxyl groups is 1. The minimum atomic E-state index is -0.732. The molecule has 17 heavy (non-hydrogen) atoms. The van der Waals surface area contributed by atoms with Gasteiger partial charge in [0.15, 0.2) is 0 Å². The molecule has 1 aromatic carbocycles. The number of benzene rings is 1. The molecular weight excluding hydrogens is 214 g/mol. The van der Waals surface area contributed by atoms with E-state index in [2.05, 4.69) is 0 Å². The van der Waals surface area contributed by atoms with Crippen LogP contribution in [0.2, 0.25) is 0 Å². The largest absolute Gasteiger partial charge is 0.491 e. The quantitative estimate of drug-likeness (QED) is 0.799. The average Bonchev–Trinajstić information content (AvgIpc) is 2.36. The van der Waals surface area contributed by atoms with Crippen molar-refractivity contribution in [3.05, 3.63) is 29.8 Å². The number of ether oxygens (including phenoxy) is 1. The Balaban J connectivity index is 2.66. The van der Waals surface area contributed by atoms with E-state index < -0.39 is 5.60 Å². The van der Waals surface area contributed by atoms with E-state index in [9.17, 15) is 5.11 Å². The van der Waals surface area contributed by atoms with Crippen LogP contribution in [0.4, 0.5) is 0 Å². The lowest BCUT2D eigenvalue weighted by Crippen LogP contribution is -2.34. The fourth-order valence-corrected chi connectivity index (χ4v) is 1.56. The third-order valence-corrected chi connectivity index (χ3v) is 3.21. The molecule has 3 heteroatoms. The Morgan fingerprint density at radius 1 is 1.35 bits per heavy atom. The monoisotopic (exact) mass is 237 g/mol. The van der Waals surface area contributed by atoms with Gasteiger partial charge in [0.1, 0.15) is 12.4 Å². The lowest BCUT2D eigenvalue weighted by Gasteiger charge is -2.25. The van der Waals surface area contributed by atoms with E-state index in [-0.39, 0.29) is 6.04 Å². The van der Waals surface area contributed by atoms with Crippen LogP contribution >= 0.6 is 0 Å². The van der Waals surface area contributed by atoms with Crippen molar-refractivity contribution in [1.29, 1.82) is 0 Å². The molecule has 96 valence electrons. The summed E-state index contributed by atoms with van der Waals surface area (Å²) in [6.07, 6.45) is 1.38. The topological polar surface area (TPSA) is 55.5 Å². The summed E-state index contributed by atoms with van der Waals surface area (Å²) in [7, 11) is 0. The molecule has 0 heterocycles. The molecular formula is C14H23NO2. The highest BCUT2D eigenvalue weighted by Crippen LogP contribution is 2.21. The van der Waals surface area contributed by atoms with E-state index in [0.717, 1.165) is 11.3 Å². The molecule has 1 rings (SSSR count). The van der Waals surface area contributed by atoms with Gasteiger partial charge < -0.3 is 15.6 Å². The second kappa shape index (κ2) is 6.03. The highest BCUT2D eigenvalue weighted by Gasteiger charge is 2.23. The molecule has 0 aliphatic heterocycles. The molecule has 0 spiro atoms. The Morgan fingerprint density at radius 2 is 2.00 bits per heavy atom. The van der Waals surface area contributed by atoms with Gasteiger partial charge in [-0.2, -0.15) is 0 Å². The fraction of sp³-hybridized carbons (Fsp3) is 0.571. The molecule has 0 amide bonds. The predicted octanol–water partition coefficient (Wildman–Crippen LogP) is 2.64. The van der Waals surface area contributed by atoms with Crippen LogP contribution in [0.15, 0.2) is 24.3 Å². The van der Waals surface area contributed by atoms with Crippen molar-refractivity contribution in [2.75, 3.05) is 6.61 Å². The van der Waals surface area contributed by atoms with Gasteiger partial charge in [0, 0.05) is 6.04 Å². The van der Waals surface area contributed by atoms with Crippen LogP contribution in [0.25, 0.3) is 0 Å².